The molecule has 0 heterocycles. The second-order valence-corrected chi connectivity index (χ2v) is 6.19. The van der Waals surface area contributed by atoms with Crippen molar-refractivity contribution in [2.45, 2.75) is 38.6 Å². The maximum Gasteiger partial charge on any atom is 0.0142 e. The predicted octanol–water partition coefficient (Wildman–Crippen LogP) is 4.01. The lowest BCUT2D eigenvalue weighted by Crippen LogP contribution is -2.39. The van der Waals surface area contributed by atoms with E-state index >= 15 is 0 Å². The van der Waals surface area contributed by atoms with Crippen molar-refractivity contribution < 1.29 is 0 Å². The summed E-state index contributed by atoms with van der Waals surface area (Å²) in [5, 5.41) is 3.79. The molecule has 1 atom stereocenters. The van der Waals surface area contributed by atoms with Gasteiger partial charge < -0.3 is 5.32 Å². The van der Waals surface area contributed by atoms with Crippen LogP contribution >= 0.6 is 0 Å². The molecule has 0 aromatic heterocycles. The Labute approximate surface area is 128 Å². The molecule has 3 rings (SSSR count). The lowest BCUT2D eigenvalue weighted by atomic mass is 9.91. The van der Waals surface area contributed by atoms with E-state index in [0.717, 1.165) is 18.9 Å². The van der Waals surface area contributed by atoms with Crippen LogP contribution in [-0.2, 0) is 19.3 Å². The van der Waals surface area contributed by atoms with E-state index < -0.39 is 0 Å². The number of hydrogen-bond donors (Lipinski definition) is 1. The first-order chi connectivity index (χ1) is 10.4. The van der Waals surface area contributed by atoms with Gasteiger partial charge in [0.25, 0.3) is 0 Å². The molecule has 1 nitrogen and oxygen atoms in total. The fraction of sp³-hybridized carbons (Fsp3) is 0.400. The number of hydrogen-bond acceptors (Lipinski definition) is 1. The summed E-state index contributed by atoms with van der Waals surface area (Å²) < 4.78 is 0. The number of rotatable bonds is 6. The highest BCUT2D eigenvalue weighted by atomic mass is 14.9. The molecule has 0 fully saturated rings. The molecule has 1 N–H and O–H groups in total. The molecule has 110 valence electrons. The van der Waals surface area contributed by atoms with Gasteiger partial charge in [-0.25, -0.2) is 0 Å². The third-order valence-corrected chi connectivity index (χ3v) is 4.61. The second-order valence-electron chi connectivity index (χ2n) is 6.19. The molecule has 0 amide bonds. The Kier molecular flexibility index (Phi) is 4.72. The van der Waals surface area contributed by atoms with Crippen molar-refractivity contribution in [1.82, 2.24) is 5.32 Å². The van der Waals surface area contributed by atoms with Gasteiger partial charge in [0.15, 0.2) is 0 Å². The molecular weight excluding hydrogens is 254 g/mol. The molecule has 0 spiro atoms. The van der Waals surface area contributed by atoms with Crippen LogP contribution in [0, 0.1) is 5.92 Å². The molecule has 0 saturated heterocycles. The number of nitrogens with one attached hydrogen (secondary N) is 1. The molecule has 2 aromatic rings. The van der Waals surface area contributed by atoms with E-state index in [1.54, 1.807) is 11.1 Å². The van der Waals surface area contributed by atoms with Crippen molar-refractivity contribution in [3.8, 4) is 0 Å². The van der Waals surface area contributed by atoms with Crippen LogP contribution in [-0.4, -0.2) is 12.6 Å². The molecular formula is C20H25N. The van der Waals surface area contributed by atoms with Gasteiger partial charge in [-0.2, -0.15) is 0 Å². The molecule has 21 heavy (non-hydrogen) atoms. The fourth-order valence-corrected chi connectivity index (χ4v) is 3.48. The zero-order valence-electron chi connectivity index (χ0n) is 12.9. The monoisotopic (exact) mass is 279 g/mol. The first kappa shape index (κ1) is 14.3. The van der Waals surface area contributed by atoms with Gasteiger partial charge in [-0.05, 0) is 54.8 Å². The summed E-state index contributed by atoms with van der Waals surface area (Å²) in [4.78, 5) is 0. The summed E-state index contributed by atoms with van der Waals surface area (Å²) in [5.41, 5.74) is 4.56. The van der Waals surface area contributed by atoms with Crippen molar-refractivity contribution in [3.63, 3.8) is 0 Å². The van der Waals surface area contributed by atoms with Crippen molar-refractivity contribution >= 4 is 0 Å². The number of fused-ring (bicyclic) bond motifs is 1. The minimum absolute atomic E-state index is 0.583. The highest BCUT2D eigenvalue weighted by molar-refractivity contribution is 5.33. The summed E-state index contributed by atoms with van der Waals surface area (Å²) >= 11 is 0. The van der Waals surface area contributed by atoms with Crippen LogP contribution in [0.3, 0.4) is 0 Å². The van der Waals surface area contributed by atoms with Crippen LogP contribution in [0.25, 0.3) is 0 Å². The summed E-state index contributed by atoms with van der Waals surface area (Å²) in [7, 11) is 0. The lowest BCUT2D eigenvalue weighted by Gasteiger charge is -2.25. The number of benzene rings is 2. The highest BCUT2D eigenvalue weighted by Gasteiger charge is 2.28. The standard InChI is InChI=1S/C20H25N/c1-2-12-21-20(13-16-8-4-3-5-9-16)19-14-17-10-6-7-11-18(17)15-19/h3-11,19-21H,2,12-15H2,1H3. The zero-order chi connectivity index (χ0) is 14.5. The summed E-state index contributed by atoms with van der Waals surface area (Å²) in [6.07, 6.45) is 4.79. The maximum atomic E-state index is 3.79. The molecule has 1 aliphatic rings. The molecule has 0 bridgehead atoms. The van der Waals surface area contributed by atoms with Crippen molar-refractivity contribution in [2.24, 2.45) is 5.92 Å². The average molecular weight is 279 g/mol. The Morgan fingerprint density at radius 2 is 1.57 bits per heavy atom. The minimum atomic E-state index is 0.583. The van der Waals surface area contributed by atoms with Crippen molar-refractivity contribution in [3.05, 3.63) is 71.3 Å². The summed E-state index contributed by atoms with van der Waals surface area (Å²) in [6.45, 7) is 3.36. The van der Waals surface area contributed by atoms with E-state index in [-0.39, 0.29) is 0 Å². The van der Waals surface area contributed by atoms with Crippen LogP contribution in [0.4, 0.5) is 0 Å². The van der Waals surface area contributed by atoms with Crippen LogP contribution in [0.5, 0.6) is 0 Å². The Morgan fingerprint density at radius 3 is 2.19 bits per heavy atom. The third-order valence-electron chi connectivity index (χ3n) is 4.61. The van der Waals surface area contributed by atoms with E-state index in [9.17, 15) is 0 Å². The minimum Gasteiger partial charge on any atom is -0.313 e. The van der Waals surface area contributed by atoms with Gasteiger partial charge >= 0.3 is 0 Å². The topological polar surface area (TPSA) is 12.0 Å². The normalized spacial score (nSPS) is 15.9. The lowest BCUT2D eigenvalue weighted by molar-refractivity contribution is 0.362. The van der Waals surface area contributed by atoms with Crippen LogP contribution in [0.1, 0.15) is 30.0 Å². The smallest absolute Gasteiger partial charge is 0.0142 e. The Morgan fingerprint density at radius 1 is 0.952 bits per heavy atom. The molecule has 1 aliphatic carbocycles. The maximum absolute atomic E-state index is 3.79. The van der Waals surface area contributed by atoms with Gasteiger partial charge in [0.1, 0.15) is 0 Å². The SMILES string of the molecule is CCCNC(Cc1ccccc1)C1Cc2ccccc2C1. The molecule has 2 aromatic carbocycles. The first-order valence-corrected chi connectivity index (χ1v) is 8.21. The van der Waals surface area contributed by atoms with Crippen molar-refractivity contribution in [2.75, 3.05) is 6.54 Å². The van der Waals surface area contributed by atoms with Gasteiger partial charge in [-0.1, -0.05) is 61.5 Å². The molecule has 0 aliphatic heterocycles. The third kappa shape index (κ3) is 3.54. The van der Waals surface area contributed by atoms with Crippen LogP contribution in [0.2, 0.25) is 0 Å². The van der Waals surface area contributed by atoms with Crippen LogP contribution < -0.4 is 5.32 Å². The zero-order valence-corrected chi connectivity index (χ0v) is 12.9. The summed E-state index contributed by atoms with van der Waals surface area (Å²) in [6, 6.07) is 20.4. The molecule has 0 radical (unpaired) electrons. The van der Waals surface area contributed by atoms with Gasteiger partial charge in [-0.15, -0.1) is 0 Å². The largest absolute Gasteiger partial charge is 0.313 e. The first-order valence-electron chi connectivity index (χ1n) is 8.21. The van der Waals surface area contributed by atoms with E-state index in [4.69, 9.17) is 0 Å². The Bertz CT molecular complexity index is 536. The van der Waals surface area contributed by atoms with E-state index in [0.29, 0.717) is 6.04 Å². The quantitative estimate of drug-likeness (QED) is 0.842. The van der Waals surface area contributed by atoms with Crippen LogP contribution in [0.15, 0.2) is 54.6 Å². The van der Waals surface area contributed by atoms with E-state index in [1.165, 1.54) is 24.8 Å². The molecule has 0 saturated carbocycles. The molecule has 1 heteroatoms. The predicted molar refractivity (Wildman–Crippen MR) is 89.6 cm³/mol. The van der Waals surface area contributed by atoms with E-state index in [2.05, 4.69) is 66.8 Å². The van der Waals surface area contributed by atoms with Crippen molar-refractivity contribution in [1.29, 1.82) is 0 Å². The second kappa shape index (κ2) is 6.91. The Balaban J connectivity index is 1.71. The average Bonchev–Trinajstić information content (AvgIpc) is 2.96. The van der Waals surface area contributed by atoms with Gasteiger partial charge in [0.2, 0.25) is 0 Å². The fourth-order valence-electron chi connectivity index (χ4n) is 3.48. The van der Waals surface area contributed by atoms with E-state index in [1.807, 2.05) is 0 Å². The molecule has 1 unspecified atom stereocenters. The van der Waals surface area contributed by atoms with Gasteiger partial charge in [-0.3, -0.25) is 0 Å². The van der Waals surface area contributed by atoms with Gasteiger partial charge in [0.05, 0.1) is 0 Å². The Hall–Kier alpha value is -1.60. The summed E-state index contributed by atoms with van der Waals surface area (Å²) in [5.74, 6) is 0.731. The highest BCUT2D eigenvalue weighted by Crippen LogP contribution is 2.29. The van der Waals surface area contributed by atoms with Gasteiger partial charge in [0, 0.05) is 6.04 Å².